The maximum absolute atomic E-state index is 12.4. The third-order valence-electron chi connectivity index (χ3n) is 2.81. The molecule has 2 aromatic rings. The predicted molar refractivity (Wildman–Crippen MR) is 76.8 cm³/mol. The van der Waals surface area contributed by atoms with Crippen molar-refractivity contribution in [2.24, 2.45) is 0 Å². The van der Waals surface area contributed by atoms with Crippen molar-refractivity contribution in [1.82, 2.24) is 0 Å². The minimum absolute atomic E-state index is 0.0330. The molecule has 2 rings (SSSR count). The molecule has 0 N–H and O–H groups in total. The summed E-state index contributed by atoms with van der Waals surface area (Å²) in [6.07, 6.45) is 2.25. The molecule has 0 aliphatic rings. The molecule has 0 fully saturated rings. The van der Waals surface area contributed by atoms with Gasteiger partial charge in [-0.25, -0.2) is 0 Å². The zero-order valence-corrected chi connectivity index (χ0v) is 12.5. The lowest BCUT2D eigenvalue weighted by atomic mass is 10.0. The first-order chi connectivity index (χ1) is 9.17. The molecule has 0 saturated carbocycles. The molecule has 0 bridgehead atoms. The van der Waals surface area contributed by atoms with Crippen molar-refractivity contribution in [1.29, 1.82) is 0 Å². The SMILES string of the molecule is CCOc1ccc(C(=O)c2ccoc2CC)cc1Br. The van der Waals surface area contributed by atoms with Gasteiger partial charge in [-0.15, -0.1) is 0 Å². The molecule has 0 aliphatic carbocycles. The van der Waals surface area contributed by atoms with E-state index in [1.165, 1.54) is 0 Å². The average Bonchev–Trinajstić information content (AvgIpc) is 2.88. The average molecular weight is 323 g/mol. The Kier molecular flexibility index (Phi) is 4.43. The molecule has 0 radical (unpaired) electrons. The van der Waals surface area contributed by atoms with Gasteiger partial charge in [-0.1, -0.05) is 6.92 Å². The van der Waals surface area contributed by atoms with Gasteiger partial charge in [0, 0.05) is 12.0 Å². The van der Waals surface area contributed by atoms with Crippen molar-refractivity contribution in [2.75, 3.05) is 6.61 Å². The van der Waals surface area contributed by atoms with E-state index >= 15 is 0 Å². The number of aryl methyl sites for hydroxylation is 1. The highest BCUT2D eigenvalue weighted by Crippen LogP contribution is 2.27. The van der Waals surface area contributed by atoms with Crippen LogP contribution in [-0.2, 0) is 6.42 Å². The molecule has 0 atom stereocenters. The van der Waals surface area contributed by atoms with Crippen LogP contribution in [0.3, 0.4) is 0 Å². The minimum atomic E-state index is -0.0330. The van der Waals surface area contributed by atoms with E-state index in [9.17, 15) is 4.79 Å². The fraction of sp³-hybridized carbons (Fsp3) is 0.267. The van der Waals surface area contributed by atoms with Gasteiger partial charge in [0.1, 0.15) is 11.5 Å². The molecule has 0 saturated heterocycles. The van der Waals surface area contributed by atoms with Crippen LogP contribution in [0.5, 0.6) is 5.75 Å². The van der Waals surface area contributed by atoms with E-state index in [0.717, 1.165) is 16.0 Å². The molecule has 0 unspecified atom stereocenters. The van der Waals surface area contributed by atoms with Crippen LogP contribution in [0.4, 0.5) is 0 Å². The molecule has 19 heavy (non-hydrogen) atoms. The second-order valence-corrected chi connectivity index (χ2v) is 4.87. The van der Waals surface area contributed by atoms with Gasteiger partial charge in [-0.3, -0.25) is 4.79 Å². The van der Waals surface area contributed by atoms with Crippen LogP contribution in [0.15, 0.2) is 39.4 Å². The highest BCUT2D eigenvalue weighted by atomic mass is 79.9. The van der Waals surface area contributed by atoms with E-state index in [-0.39, 0.29) is 5.78 Å². The number of carbonyl (C=O) groups excluding carboxylic acids is 1. The number of ether oxygens (including phenoxy) is 1. The van der Waals surface area contributed by atoms with Crippen molar-refractivity contribution >= 4 is 21.7 Å². The molecule has 100 valence electrons. The molecular weight excluding hydrogens is 308 g/mol. The first-order valence-electron chi connectivity index (χ1n) is 6.20. The summed E-state index contributed by atoms with van der Waals surface area (Å²) in [6.45, 7) is 4.47. The number of halogens is 1. The topological polar surface area (TPSA) is 39.4 Å². The van der Waals surface area contributed by atoms with E-state index in [0.29, 0.717) is 24.2 Å². The summed E-state index contributed by atoms with van der Waals surface area (Å²) in [4.78, 5) is 12.4. The number of hydrogen-bond donors (Lipinski definition) is 0. The van der Waals surface area contributed by atoms with Gasteiger partial charge in [0.2, 0.25) is 0 Å². The number of hydrogen-bond acceptors (Lipinski definition) is 3. The normalized spacial score (nSPS) is 10.5. The van der Waals surface area contributed by atoms with Gasteiger partial charge in [0.15, 0.2) is 5.78 Å². The van der Waals surface area contributed by atoms with Gasteiger partial charge in [-0.05, 0) is 47.1 Å². The Morgan fingerprint density at radius 1 is 1.32 bits per heavy atom. The van der Waals surface area contributed by atoms with Crippen molar-refractivity contribution in [3.63, 3.8) is 0 Å². The lowest BCUT2D eigenvalue weighted by molar-refractivity contribution is 0.103. The number of furan rings is 1. The summed E-state index contributed by atoms with van der Waals surface area (Å²) >= 11 is 3.41. The highest BCUT2D eigenvalue weighted by molar-refractivity contribution is 9.10. The van der Waals surface area contributed by atoms with Crippen molar-refractivity contribution in [3.05, 3.63) is 51.9 Å². The zero-order valence-electron chi connectivity index (χ0n) is 10.9. The summed E-state index contributed by atoms with van der Waals surface area (Å²) in [6, 6.07) is 7.06. The van der Waals surface area contributed by atoms with Crippen LogP contribution in [0.25, 0.3) is 0 Å². The van der Waals surface area contributed by atoms with E-state index in [4.69, 9.17) is 9.15 Å². The Bertz CT molecular complexity index is 587. The first kappa shape index (κ1) is 13.9. The van der Waals surface area contributed by atoms with E-state index in [1.807, 2.05) is 13.8 Å². The molecule has 0 aliphatic heterocycles. The maximum atomic E-state index is 12.4. The predicted octanol–water partition coefficient (Wildman–Crippen LogP) is 4.23. The third kappa shape index (κ3) is 2.89. The Balaban J connectivity index is 2.32. The fourth-order valence-electron chi connectivity index (χ4n) is 1.89. The number of rotatable bonds is 5. The summed E-state index contributed by atoms with van der Waals surface area (Å²) in [7, 11) is 0. The Morgan fingerprint density at radius 3 is 2.74 bits per heavy atom. The summed E-state index contributed by atoms with van der Waals surface area (Å²) in [5.41, 5.74) is 1.24. The van der Waals surface area contributed by atoms with Crippen LogP contribution in [0.2, 0.25) is 0 Å². The smallest absolute Gasteiger partial charge is 0.196 e. The maximum Gasteiger partial charge on any atom is 0.196 e. The molecule has 1 aromatic carbocycles. The van der Waals surface area contributed by atoms with Gasteiger partial charge in [0.25, 0.3) is 0 Å². The minimum Gasteiger partial charge on any atom is -0.493 e. The molecule has 3 nitrogen and oxygen atoms in total. The number of carbonyl (C=O) groups is 1. The first-order valence-corrected chi connectivity index (χ1v) is 7.00. The van der Waals surface area contributed by atoms with Crippen molar-refractivity contribution in [2.45, 2.75) is 20.3 Å². The van der Waals surface area contributed by atoms with Crippen LogP contribution < -0.4 is 4.74 Å². The number of ketones is 1. The van der Waals surface area contributed by atoms with E-state index in [2.05, 4.69) is 15.9 Å². The fourth-order valence-corrected chi connectivity index (χ4v) is 2.38. The van der Waals surface area contributed by atoms with Crippen molar-refractivity contribution in [3.8, 4) is 5.75 Å². The van der Waals surface area contributed by atoms with Gasteiger partial charge in [0.05, 0.1) is 22.9 Å². The second-order valence-electron chi connectivity index (χ2n) is 4.02. The van der Waals surface area contributed by atoms with Crippen LogP contribution in [0.1, 0.15) is 35.5 Å². The summed E-state index contributed by atoms with van der Waals surface area (Å²) in [5, 5.41) is 0. The van der Waals surface area contributed by atoms with Crippen LogP contribution in [-0.4, -0.2) is 12.4 Å². The Hall–Kier alpha value is -1.55. The van der Waals surface area contributed by atoms with Crippen molar-refractivity contribution < 1.29 is 13.9 Å². The molecule has 0 amide bonds. The largest absolute Gasteiger partial charge is 0.493 e. The third-order valence-corrected chi connectivity index (χ3v) is 3.42. The lowest BCUT2D eigenvalue weighted by Gasteiger charge is -2.07. The quantitative estimate of drug-likeness (QED) is 0.773. The second kappa shape index (κ2) is 6.06. The molecular formula is C15H15BrO3. The van der Waals surface area contributed by atoms with Crippen LogP contribution >= 0.6 is 15.9 Å². The van der Waals surface area contributed by atoms with Gasteiger partial charge < -0.3 is 9.15 Å². The molecule has 4 heteroatoms. The highest BCUT2D eigenvalue weighted by Gasteiger charge is 2.16. The lowest BCUT2D eigenvalue weighted by Crippen LogP contribution is -2.03. The molecule has 1 aromatic heterocycles. The Labute approximate surface area is 120 Å². The van der Waals surface area contributed by atoms with Gasteiger partial charge in [-0.2, -0.15) is 0 Å². The zero-order chi connectivity index (χ0) is 13.8. The van der Waals surface area contributed by atoms with E-state index < -0.39 is 0 Å². The summed E-state index contributed by atoms with van der Waals surface area (Å²) in [5.74, 6) is 1.42. The summed E-state index contributed by atoms with van der Waals surface area (Å²) < 4.78 is 11.5. The Morgan fingerprint density at radius 2 is 2.11 bits per heavy atom. The van der Waals surface area contributed by atoms with Gasteiger partial charge >= 0.3 is 0 Å². The molecule has 0 spiro atoms. The van der Waals surface area contributed by atoms with Crippen LogP contribution in [0, 0.1) is 0 Å². The van der Waals surface area contributed by atoms with E-state index in [1.54, 1.807) is 30.5 Å². The molecule has 1 heterocycles. The standard InChI is InChI=1S/C15H15BrO3/c1-3-13-11(7-8-19-13)15(17)10-5-6-14(18-4-2)12(16)9-10/h5-9H,3-4H2,1-2H3. The monoisotopic (exact) mass is 322 g/mol. The number of benzene rings is 1.